The quantitative estimate of drug-likeness (QED) is 0.673. The summed E-state index contributed by atoms with van der Waals surface area (Å²) in [5.74, 6) is 0. The van der Waals surface area contributed by atoms with Crippen molar-refractivity contribution in [1.82, 2.24) is 9.13 Å². The highest BCUT2D eigenvalue weighted by Gasteiger charge is 2.26. The zero-order chi connectivity index (χ0) is 15.0. The van der Waals surface area contributed by atoms with Gasteiger partial charge >= 0.3 is 5.69 Å². The molecule has 7 heteroatoms. The van der Waals surface area contributed by atoms with Crippen LogP contribution in [0.2, 0.25) is 0 Å². The molecular weight excluding hydrogens is 272 g/mol. The second kappa shape index (κ2) is 5.08. The molecule has 2 aromatic rings. The fourth-order valence-electron chi connectivity index (χ4n) is 2.52. The van der Waals surface area contributed by atoms with Gasteiger partial charge in [0.2, 0.25) is 0 Å². The predicted molar refractivity (Wildman–Crippen MR) is 78.7 cm³/mol. The van der Waals surface area contributed by atoms with Gasteiger partial charge in [0, 0.05) is 37.1 Å². The average molecular weight is 288 g/mol. The standard InChI is InChI=1S/C14H16N4O3/c1-15-13-10(3-2-4-12(13)18(20)21)9-16-7-8-17(14(16)19)11-5-6-11/h2-4,7-8,11,15H,5-6,9H2,1H3. The van der Waals surface area contributed by atoms with Crippen molar-refractivity contribution < 1.29 is 4.92 Å². The molecule has 21 heavy (non-hydrogen) atoms. The van der Waals surface area contributed by atoms with Crippen molar-refractivity contribution >= 4 is 11.4 Å². The molecule has 7 nitrogen and oxygen atoms in total. The molecule has 0 radical (unpaired) electrons. The van der Waals surface area contributed by atoms with Gasteiger partial charge in [-0.1, -0.05) is 12.1 Å². The SMILES string of the molecule is CNc1c(Cn2ccn(C3CC3)c2=O)cccc1[N+](=O)[O-]. The number of imidazole rings is 1. The fraction of sp³-hybridized carbons (Fsp3) is 0.357. The Morgan fingerprint density at radius 1 is 1.38 bits per heavy atom. The summed E-state index contributed by atoms with van der Waals surface area (Å²) in [5.41, 5.74) is 1.13. The molecule has 1 saturated carbocycles. The molecule has 0 atom stereocenters. The normalized spacial score (nSPS) is 14.1. The van der Waals surface area contributed by atoms with E-state index in [9.17, 15) is 14.9 Å². The lowest BCUT2D eigenvalue weighted by Gasteiger charge is -2.09. The van der Waals surface area contributed by atoms with Crippen molar-refractivity contribution in [2.45, 2.75) is 25.4 Å². The first-order valence-electron chi connectivity index (χ1n) is 6.83. The molecular formula is C14H16N4O3. The van der Waals surface area contributed by atoms with E-state index in [1.54, 1.807) is 40.7 Å². The molecule has 3 rings (SSSR count). The molecule has 110 valence electrons. The monoisotopic (exact) mass is 288 g/mol. The van der Waals surface area contributed by atoms with E-state index in [1.165, 1.54) is 6.07 Å². The van der Waals surface area contributed by atoms with Crippen LogP contribution in [0.1, 0.15) is 24.4 Å². The zero-order valence-electron chi connectivity index (χ0n) is 11.7. The van der Waals surface area contributed by atoms with Crippen LogP contribution in [0.25, 0.3) is 0 Å². The molecule has 1 aliphatic rings. The van der Waals surface area contributed by atoms with Crippen molar-refractivity contribution in [3.63, 3.8) is 0 Å². The summed E-state index contributed by atoms with van der Waals surface area (Å²) in [4.78, 5) is 22.9. The van der Waals surface area contributed by atoms with Crippen molar-refractivity contribution in [1.29, 1.82) is 0 Å². The van der Waals surface area contributed by atoms with Gasteiger partial charge in [0.1, 0.15) is 5.69 Å². The van der Waals surface area contributed by atoms with E-state index in [0.29, 0.717) is 18.3 Å². The summed E-state index contributed by atoms with van der Waals surface area (Å²) in [6.07, 6.45) is 5.61. The third kappa shape index (κ3) is 2.42. The first-order valence-corrected chi connectivity index (χ1v) is 6.83. The van der Waals surface area contributed by atoms with Gasteiger partial charge in [0.25, 0.3) is 5.69 Å². The Balaban J connectivity index is 1.96. The number of hydrogen-bond acceptors (Lipinski definition) is 4. The van der Waals surface area contributed by atoms with Crippen LogP contribution >= 0.6 is 0 Å². The maximum Gasteiger partial charge on any atom is 0.328 e. The minimum Gasteiger partial charge on any atom is -0.382 e. The lowest BCUT2D eigenvalue weighted by atomic mass is 10.1. The van der Waals surface area contributed by atoms with Gasteiger partial charge in [0.15, 0.2) is 0 Å². The van der Waals surface area contributed by atoms with Crippen LogP contribution in [0.5, 0.6) is 0 Å². The molecule has 0 bridgehead atoms. The van der Waals surface area contributed by atoms with Gasteiger partial charge in [-0.15, -0.1) is 0 Å². The zero-order valence-corrected chi connectivity index (χ0v) is 11.7. The average Bonchev–Trinajstić information content (AvgIpc) is 3.25. The summed E-state index contributed by atoms with van der Waals surface area (Å²) < 4.78 is 3.31. The summed E-state index contributed by atoms with van der Waals surface area (Å²) in [6.45, 7) is 0.316. The highest BCUT2D eigenvalue weighted by atomic mass is 16.6. The maximum absolute atomic E-state index is 12.2. The van der Waals surface area contributed by atoms with Gasteiger partial charge in [-0.3, -0.25) is 19.2 Å². The van der Waals surface area contributed by atoms with E-state index in [-0.39, 0.29) is 11.4 Å². The smallest absolute Gasteiger partial charge is 0.328 e. The highest BCUT2D eigenvalue weighted by Crippen LogP contribution is 2.33. The van der Waals surface area contributed by atoms with Crippen LogP contribution in [0.4, 0.5) is 11.4 Å². The van der Waals surface area contributed by atoms with Crippen molar-refractivity contribution in [3.05, 3.63) is 56.8 Å². The number of benzene rings is 1. The maximum atomic E-state index is 12.2. The first kappa shape index (κ1) is 13.4. The first-order chi connectivity index (χ1) is 10.1. The van der Waals surface area contributed by atoms with E-state index in [0.717, 1.165) is 18.4 Å². The van der Waals surface area contributed by atoms with Gasteiger partial charge in [-0.2, -0.15) is 0 Å². The molecule has 0 unspecified atom stereocenters. The fourth-order valence-corrected chi connectivity index (χ4v) is 2.52. The highest BCUT2D eigenvalue weighted by molar-refractivity contribution is 5.66. The number of para-hydroxylation sites is 1. The van der Waals surface area contributed by atoms with Gasteiger partial charge in [-0.25, -0.2) is 4.79 Å². The van der Waals surface area contributed by atoms with Crippen LogP contribution in [-0.4, -0.2) is 21.1 Å². The second-order valence-corrected chi connectivity index (χ2v) is 5.17. The molecule has 0 amide bonds. The Hall–Kier alpha value is -2.57. The number of rotatable bonds is 5. The topological polar surface area (TPSA) is 82.1 Å². The van der Waals surface area contributed by atoms with E-state index < -0.39 is 4.92 Å². The number of aromatic nitrogens is 2. The molecule has 1 aliphatic carbocycles. The van der Waals surface area contributed by atoms with Crippen LogP contribution in [0, 0.1) is 10.1 Å². The molecule has 0 saturated heterocycles. The molecule has 1 aromatic heterocycles. The Bertz CT molecular complexity index is 743. The minimum absolute atomic E-state index is 0.0182. The Morgan fingerprint density at radius 2 is 2.14 bits per heavy atom. The summed E-state index contributed by atoms with van der Waals surface area (Å²) in [6, 6.07) is 5.21. The number of nitrogens with one attached hydrogen (secondary N) is 1. The molecule has 1 heterocycles. The lowest BCUT2D eigenvalue weighted by Crippen LogP contribution is -2.24. The van der Waals surface area contributed by atoms with Crippen molar-refractivity contribution in [2.75, 3.05) is 12.4 Å². The number of nitro groups is 1. The molecule has 0 spiro atoms. The van der Waals surface area contributed by atoms with Gasteiger partial charge < -0.3 is 5.32 Å². The van der Waals surface area contributed by atoms with Gasteiger partial charge in [-0.05, 0) is 12.8 Å². The van der Waals surface area contributed by atoms with E-state index in [2.05, 4.69) is 5.32 Å². The van der Waals surface area contributed by atoms with E-state index in [1.807, 2.05) is 0 Å². The van der Waals surface area contributed by atoms with E-state index in [4.69, 9.17) is 0 Å². The lowest BCUT2D eigenvalue weighted by molar-refractivity contribution is -0.384. The van der Waals surface area contributed by atoms with Crippen molar-refractivity contribution in [2.24, 2.45) is 0 Å². The predicted octanol–water partition coefficient (Wildman–Crippen LogP) is 1.98. The minimum atomic E-state index is -0.423. The molecule has 0 aliphatic heterocycles. The number of hydrogen-bond donors (Lipinski definition) is 1. The van der Waals surface area contributed by atoms with E-state index >= 15 is 0 Å². The molecule has 1 N–H and O–H groups in total. The Morgan fingerprint density at radius 3 is 2.76 bits per heavy atom. The molecule has 1 fully saturated rings. The Labute approximate surface area is 121 Å². The van der Waals surface area contributed by atoms with Crippen LogP contribution in [-0.2, 0) is 6.54 Å². The summed E-state index contributed by atoms with van der Waals surface area (Å²) >= 11 is 0. The number of nitrogens with zero attached hydrogens (tertiary/aromatic N) is 3. The molecule has 1 aromatic carbocycles. The summed E-state index contributed by atoms with van der Waals surface area (Å²) in [7, 11) is 1.64. The summed E-state index contributed by atoms with van der Waals surface area (Å²) in [5, 5.41) is 13.9. The largest absolute Gasteiger partial charge is 0.382 e. The Kier molecular flexibility index (Phi) is 3.25. The number of anilines is 1. The van der Waals surface area contributed by atoms with Crippen LogP contribution < -0.4 is 11.0 Å². The van der Waals surface area contributed by atoms with Crippen LogP contribution in [0.3, 0.4) is 0 Å². The second-order valence-electron chi connectivity index (χ2n) is 5.17. The number of nitro benzene ring substituents is 1. The third-order valence-electron chi connectivity index (χ3n) is 3.73. The van der Waals surface area contributed by atoms with Crippen molar-refractivity contribution in [3.8, 4) is 0 Å². The third-order valence-corrected chi connectivity index (χ3v) is 3.73. The van der Waals surface area contributed by atoms with Crippen LogP contribution in [0.15, 0.2) is 35.4 Å². The van der Waals surface area contributed by atoms with Gasteiger partial charge in [0.05, 0.1) is 11.5 Å².